The van der Waals surface area contributed by atoms with Crippen molar-refractivity contribution >= 4 is 0 Å². The number of rotatable bonds is 6. The lowest BCUT2D eigenvalue weighted by Crippen LogP contribution is -2.23. The van der Waals surface area contributed by atoms with Crippen LogP contribution in [0.1, 0.15) is 22.8 Å². The van der Waals surface area contributed by atoms with Crippen LogP contribution < -0.4 is 10.1 Å². The summed E-state index contributed by atoms with van der Waals surface area (Å²) < 4.78 is 43.8. The van der Waals surface area contributed by atoms with Crippen LogP contribution in [0, 0.1) is 0 Å². The van der Waals surface area contributed by atoms with Gasteiger partial charge in [-0.3, -0.25) is 0 Å². The van der Waals surface area contributed by atoms with Crippen molar-refractivity contribution in [2.24, 2.45) is 0 Å². The summed E-state index contributed by atoms with van der Waals surface area (Å²) in [6.45, 7) is 0.225. The Labute approximate surface area is 137 Å². The molecule has 0 heterocycles. The molecule has 0 aliphatic heterocycles. The number of phenolic OH excluding ortho intramolecular Hbond substituents is 1. The molecule has 130 valence electrons. The van der Waals surface area contributed by atoms with Crippen molar-refractivity contribution in [2.45, 2.75) is 18.8 Å². The molecule has 4 nitrogen and oxygen atoms in total. The molecule has 0 amide bonds. The quantitative estimate of drug-likeness (QED) is 0.755. The second-order valence-electron chi connectivity index (χ2n) is 5.24. The minimum absolute atomic E-state index is 0.0280. The Kier molecular flexibility index (Phi) is 5.69. The van der Waals surface area contributed by atoms with Gasteiger partial charge in [0.05, 0.1) is 18.8 Å². The monoisotopic (exact) mass is 341 g/mol. The van der Waals surface area contributed by atoms with E-state index >= 15 is 0 Å². The molecule has 1 atom stereocenters. The number of ether oxygens (including phenoxy) is 1. The number of nitrogens with one attached hydrogen (secondary N) is 1. The molecule has 0 bridgehead atoms. The number of hydrogen-bond donors (Lipinski definition) is 3. The molecule has 0 radical (unpaired) electrons. The highest BCUT2D eigenvalue weighted by molar-refractivity contribution is 5.41. The summed E-state index contributed by atoms with van der Waals surface area (Å²) in [5, 5.41) is 22.6. The molecule has 24 heavy (non-hydrogen) atoms. The first-order valence-electron chi connectivity index (χ1n) is 7.23. The van der Waals surface area contributed by atoms with Crippen LogP contribution in [-0.2, 0) is 12.7 Å². The molecule has 3 N–H and O–H groups in total. The fraction of sp³-hybridized carbons (Fsp3) is 0.294. The van der Waals surface area contributed by atoms with Crippen LogP contribution in [0.3, 0.4) is 0 Å². The van der Waals surface area contributed by atoms with E-state index in [4.69, 9.17) is 4.74 Å². The first-order valence-corrected chi connectivity index (χ1v) is 7.23. The van der Waals surface area contributed by atoms with E-state index < -0.39 is 17.8 Å². The molecule has 0 saturated heterocycles. The van der Waals surface area contributed by atoms with Gasteiger partial charge in [0.1, 0.15) is 0 Å². The average molecular weight is 341 g/mol. The van der Waals surface area contributed by atoms with Gasteiger partial charge in [0.25, 0.3) is 0 Å². The summed E-state index contributed by atoms with van der Waals surface area (Å²) in [5.41, 5.74) is -0.305. The Morgan fingerprint density at radius 2 is 1.88 bits per heavy atom. The van der Waals surface area contributed by atoms with E-state index in [2.05, 4.69) is 5.32 Å². The van der Waals surface area contributed by atoms with E-state index in [0.717, 1.165) is 6.07 Å². The maximum absolute atomic E-state index is 12.9. The summed E-state index contributed by atoms with van der Waals surface area (Å²) in [5.74, 6) is 0.303. The van der Waals surface area contributed by atoms with E-state index in [1.54, 1.807) is 12.1 Å². The Bertz CT molecular complexity index is 689. The van der Waals surface area contributed by atoms with Gasteiger partial charge in [-0.1, -0.05) is 24.3 Å². The minimum atomic E-state index is -4.51. The van der Waals surface area contributed by atoms with Crippen molar-refractivity contribution in [3.8, 4) is 11.5 Å². The Morgan fingerprint density at radius 1 is 1.17 bits per heavy atom. The van der Waals surface area contributed by atoms with Crippen LogP contribution in [0.5, 0.6) is 11.5 Å². The molecule has 0 aliphatic rings. The van der Waals surface area contributed by atoms with Gasteiger partial charge in [0.15, 0.2) is 11.5 Å². The van der Waals surface area contributed by atoms with E-state index in [1.165, 1.54) is 31.4 Å². The normalized spacial score (nSPS) is 12.9. The predicted molar refractivity (Wildman–Crippen MR) is 82.8 cm³/mol. The molecule has 0 spiro atoms. The number of alkyl halides is 3. The number of benzene rings is 2. The topological polar surface area (TPSA) is 61.7 Å². The van der Waals surface area contributed by atoms with Gasteiger partial charge in [-0.2, -0.15) is 13.2 Å². The van der Waals surface area contributed by atoms with Crippen molar-refractivity contribution < 1.29 is 28.1 Å². The smallest absolute Gasteiger partial charge is 0.416 e. The van der Waals surface area contributed by atoms with Crippen molar-refractivity contribution in [1.29, 1.82) is 0 Å². The lowest BCUT2D eigenvalue weighted by atomic mass is 10.0. The Morgan fingerprint density at radius 3 is 2.50 bits per heavy atom. The number of aromatic hydroxyl groups is 1. The molecule has 2 aromatic rings. The third-order valence-corrected chi connectivity index (χ3v) is 3.54. The van der Waals surface area contributed by atoms with Crippen molar-refractivity contribution in [2.75, 3.05) is 13.7 Å². The molecule has 0 saturated carbocycles. The lowest BCUT2D eigenvalue weighted by Gasteiger charge is -2.18. The number of aliphatic hydroxyl groups is 1. The highest BCUT2D eigenvalue weighted by atomic mass is 19.4. The Hall–Kier alpha value is -2.25. The number of aliphatic hydroxyl groups excluding tert-OH is 1. The maximum Gasteiger partial charge on any atom is 0.416 e. The molecule has 2 aromatic carbocycles. The number of hydrogen-bond acceptors (Lipinski definition) is 4. The third kappa shape index (κ3) is 4.39. The van der Waals surface area contributed by atoms with Gasteiger partial charge in [0.2, 0.25) is 0 Å². The van der Waals surface area contributed by atoms with Crippen molar-refractivity contribution in [1.82, 2.24) is 5.32 Å². The van der Waals surface area contributed by atoms with Crippen molar-refractivity contribution in [3.05, 3.63) is 59.2 Å². The van der Waals surface area contributed by atoms with Crippen LogP contribution in [0.2, 0.25) is 0 Å². The molecule has 0 aromatic heterocycles. The molecular weight excluding hydrogens is 323 g/mol. The van der Waals surface area contributed by atoms with E-state index in [0.29, 0.717) is 11.3 Å². The van der Waals surface area contributed by atoms with Crippen LogP contribution in [0.15, 0.2) is 42.5 Å². The second kappa shape index (κ2) is 7.55. The van der Waals surface area contributed by atoms with Gasteiger partial charge in [-0.15, -0.1) is 0 Å². The molecule has 0 aliphatic carbocycles. The summed E-state index contributed by atoms with van der Waals surface area (Å²) in [6.07, 6.45) is -5.81. The fourth-order valence-corrected chi connectivity index (χ4v) is 2.35. The van der Waals surface area contributed by atoms with Crippen LogP contribution >= 0.6 is 0 Å². The maximum atomic E-state index is 12.9. The molecular formula is C17H18F3NO3. The first-order chi connectivity index (χ1) is 11.3. The van der Waals surface area contributed by atoms with E-state index in [9.17, 15) is 23.4 Å². The van der Waals surface area contributed by atoms with Crippen LogP contribution in [-0.4, -0.2) is 23.9 Å². The lowest BCUT2D eigenvalue weighted by molar-refractivity contribution is -0.139. The van der Waals surface area contributed by atoms with E-state index in [-0.39, 0.29) is 24.4 Å². The summed E-state index contributed by atoms with van der Waals surface area (Å²) >= 11 is 0. The predicted octanol–water partition coefficient (Wildman–Crippen LogP) is 3.24. The van der Waals surface area contributed by atoms with Crippen molar-refractivity contribution in [3.63, 3.8) is 0 Å². The first kappa shape index (κ1) is 18.1. The highest BCUT2D eigenvalue weighted by Gasteiger charge is 2.34. The van der Waals surface area contributed by atoms with Gasteiger partial charge < -0.3 is 20.3 Å². The number of methoxy groups -OCH3 is 1. The molecule has 1 unspecified atom stereocenters. The van der Waals surface area contributed by atoms with Gasteiger partial charge >= 0.3 is 6.18 Å². The minimum Gasteiger partial charge on any atom is -0.504 e. The third-order valence-electron chi connectivity index (χ3n) is 3.54. The zero-order chi connectivity index (χ0) is 17.7. The van der Waals surface area contributed by atoms with E-state index in [1.807, 2.05) is 0 Å². The standard InChI is InChI=1S/C17H18F3NO3/c1-24-16-7-6-11(8-14(16)22)9-21-10-15(23)12-4-2-3-5-13(12)17(18,19)20/h2-8,15,21-23H,9-10H2,1H3. The molecule has 2 rings (SSSR count). The summed E-state index contributed by atoms with van der Waals surface area (Å²) in [4.78, 5) is 0. The average Bonchev–Trinajstić information content (AvgIpc) is 2.54. The highest BCUT2D eigenvalue weighted by Crippen LogP contribution is 2.34. The number of phenols is 1. The van der Waals surface area contributed by atoms with Gasteiger partial charge in [-0.05, 0) is 29.3 Å². The SMILES string of the molecule is COc1ccc(CNCC(O)c2ccccc2C(F)(F)F)cc1O. The van der Waals surface area contributed by atoms with Crippen LogP contribution in [0.25, 0.3) is 0 Å². The zero-order valence-electron chi connectivity index (χ0n) is 13.0. The second-order valence-corrected chi connectivity index (χ2v) is 5.24. The largest absolute Gasteiger partial charge is 0.504 e. The van der Waals surface area contributed by atoms with Gasteiger partial charge in [0, 0.05) is 13.1 Å². The zero-order valence-corrected chi connectivity index (χ0v) is 13.0. The fourth-order valence-electron chi connectivity index (χ4n) is 2.35. The molecule has 0 fully saturated rings. The number of halogens is 3. The molecule has 7 heteroatoms. The van der Waals surface area contributed by atoms with Crippen LogP contribution in [0.4, 0.5) is 13.2 Å². The summed E-state index contributed by atoms with van der Waals surface area (Å²) in [6, 6.07) is 9.72. The Balaban J connectivity index is 1.99. The van der Waals surface area contributed by atoms with Gasteiger partial charge in [-0.25, -0.2) is 0 Å². The summed E-state index contributed by atoms with van der Waals surface area (Å²) in [7, 11) is 1.43.